The molecule has 0 spiro atoms. The average molecular weight is 659 g/mol. The predicted molar refractivity (Wildman–Crippen MR) is 166 cm³/mol. The molecule has 2 aliphatic carbocycles. The van der Waals surface area contributed by atoms with Crippen molar-refractivity contribution in [3.8, 4) is 0 Å². The van der Waals surface area contributed by atoms with E-state index in [0.717, 1.165) is 6.42 Å². The third-order valence-electron chi connectivity index (χ3n) is 7.46. The van der Waals surface area contributed by atoms with Gasteiger partial charge in [0.05, 0.1) is 0 Å². The molecule has 0 saturated heterocycles. The van der Waals surface area contributed by atoms with E-state index in [1.807, 2.05) is 0 Å². The summed E-state index contributed by atoms with van der Waals surface area (Å²) in [7, 11) is -0.981. The fourth-order valence-electron chi connectivity index (χ4n) is 4.85. The van der Waals surface area contributed by atoms with Gasteiger partial charge in [0, 0.05) is 0 Å². The molecule has 0 radical (unpaired) electrons. The molecular weight excluding hydrogens is 611 g/mol. The van der Waals surface area contributed by atoms with Gasteiger partial charge in [-0.25, -0.2) is 11.3 Å². The number of allylic oxidation sites excluding steroid dienone is 4. The minimum atomic E-state index is -0.981. The summed E-state index contributed by atoms with van der Waals surface area (Å²) in [5.41, 5.74) is 3.21. The summed E-state index contributed by atoms with van der Waals surface area (Å²) in [6.45, 7) is 20.7. The summed E-state index contributed by atoms with van der Waals surface area (Å²) in [4.78, 5) is 0. The maximum absolute atomic E-state index is 3.20. The van der Waals surface area contributed by atoms with Gasteiger partial charge in [-0.05, 0) is 18.9 Å². The molecule has 1 saturated carbocycles. The number of hydrogen-bond acceptors (Lipinski definition) is 0. The van der Waals surface area contributed by atoms with Gasteiger partial charge in [0.1, 0.15) is 0 Å². The third kappa shape index (κ3) is 10.6. The Morgan fingerprint density at radius 1 is 0.744 bits per heavy atom. The second kappa shape index (κ2) is 15.0. The van der Waals surface area contributed by atoms with Crippen LogP contribution in [0.25, 0.3) is 21.5 Å². The van der Waals surface area contributed by atoms with Crippen LogP contribution in [0.1, 0.15) is 91.2 Å². The molecule has 4 heteroatoms. The molecule has 3 aromatic carbocycles. The summed E-state index contributed by atoms with van der Waals surface area (Å²) in [6.07, 6.45) is 16.0. The summed E-state index contributed by atoms with van der Waals surface area (Å²) in [5.74, 6) is 0. The summed E-state index contributed by atoms with van der Waals surface area (Å²) in [6, 6.07) is 16.2. The summed E-state index contributed by atoms with van der Waals surface area (Å²) in [5, 5.41) is 7.03. The molecule has 0 amide bonds. The van der Waals surface area contributed by atoms with E-state index in [-0.39, 0.29) is 35.6 Å². The van der Waals surface area contributed by atoms with Crippen molar-refractivity contribution >= 4 is 32.8 Å². The van der Waals surface area contributed by atoms with Crippen molar-refractivity contribution in [1.82, 2.24) is 0 Å². The van der Waals surface area contributed by atoms with E-state index < -0.39 is 8.07 Å². The van der Waals surface area contributed by atoms with E-state index in [4.69, 9.17) is 0 Å². The zero-order chi connectivity index (χ0) is 27.4. The SMILES string of the molecule is CC(C)(C)c1ccc2c(c1)[cH-]c1cc(C(C)(C)C)ccc12.C[Si](C)(C)C1=CC[C-]=C1.[Cl-].[Cl-].[Zr+2]=[C]1CCCCC1. The van der Waals surface area contributed by atoms with Gasteiger partial charge in [0.15, 0.2) is 0 Å². The van der Waals surface area contributed by atoms with Crippen LogP contribution in [0.2, 0.25) is 19.6 Å². The number of hydrogen-bond donors (Lipinski definition) is 0. The number of halogens is 2. The predicted octanol–water partition coefficient (Wildman–Crippen LogP) is 4.54. The van der Waals surface area contributed by atoms with Crippen molar-refractivity contribution in [3.05, 3.63) is 77.0 Å². The summed E-state index contributed by atoms with van der Waals surface area (Å²) >= 11 is 1.69. The fraction of sp³-hybridized carbons (Fsp3) is 0.486. The van der Waals surface area contributed by atoms with E-state index in [0.29, 0.717) is 0 Å². The van der Waals surface area contributed by atoms with Crippen molar-refractivity contribution in [2.45, 2.75) is 111 Å². The van der Waals surface area contributed by atoms with Crippen molar-refractivity contribution in [1.29, 1.82) is 0 Å². The van der Waals surface area contributed by atoms with Crippen molar-refractivity contribution in [3.63, 3.8) is 0 Å². The molecule has 0 heterocycles. The van der Waals surface area contributed by atoms with Gasteiger partial charge in [-0.15, -0.1) is 46.2 Å². The Labute approximate surface area is 267 Å². The van der Waals surface area contributed by atoms with Crippen LogP contribution < -0.4 is 24.8 Å². The first-order valence-electron chi connectivity index (χ1n) is 14.1. The first-order valence-corrected chi connectivity index (χ1v) is 18.9. The third-order valence-corrected chi connectivity index (χ3v) is 10.8. The Morgan fingerprint density at radius 2 is 1.21 bits per heavy atom. The van der Waals surface area contributed by atoms with Crippen LogP contribution in [0, 0.1) is 6.08 Å². The molecule has 0 aromatic heterocycles. The van der Waals surface area contributed by atoms with Crippen molar-refractivity contribution in [2.75, 3.05) is 0 Å². The maximum atomic E-state index is 3.20. The van der Waals surface area contributed by atoms with E-state index in [1.165, 1.54) is 64.8 Å². The molecule has 0 N–H and O–H groups in total. The van der Waals surface area contributed by atoms with Gasteiger partial charge in [-0.1, -0.05) is 96.6 Å². The molecule has 5 rings (SSSR count). The van der Waals surface area contributed by atoms with Gasteiger partial charge >= 0.3 is 59.5 Å². The zero-order valence-corrected chi connectivity index (χ0v) is 30.7. The number of benzene rings is 2. The van der Waals surface area contributed by atoms with Crippen LogP contribution in [0.3, 0.4) is 0 Å². The molecule has 212 valence electrons. The monoisotopic (exact) mass is 656 g/mol. The van der Waals surface area contributed by atoms with E-state index in [1.54, 1.807) is 32.6 Å². The Bertz CT molecular complexity index is 1210. The van der Waals surface area contributed by atoms with Crippen LogP contribution in [0.5, 0.6) is 0 Å². The molecule has 1 fully saturated rings. The molecule has 3 aromatic rings. The zero-order valence-electron chi connectivity index (χ0n) is 25.7. The van der Waals surface area contributed by atoms with Crippen molar-refractivity contribution in [2.24, 2.45) is 0 Å². The van der Waals surface area contributed by atoms with Gasteiger partial charge in [-0.2, -0.15) is 6.08 Å². The molecule has 0 bridgehead atoms. The Morgan fingerprint density at radius 3 is 1.49 bits per heavy atom. The Kier molecular flexibility index (Phi) is 14.0. The number of fused-ring (bicyclic) bond motifs is 3. The number of rotatable bonds is 1. The standard InChI is InChI=1S/C21H25.C8H13Si.C6H10.2ClH.Zr/c1-20(2,3)16-7-9-18-14(12-16)11-15-13-17(21(4,5)6)8-10-19(15)18;1-9(2,3)8-6-4-5-7-8;1-2-4-6-5-3-1;;;/h7-13H,1-6H3;6-7H,4H2,1-3H3;1-5H2;2*1H;/q2*-1;;;;+2/p-2. The molecule has 0 nitrogen and oxygen atoms in total. The molecule has 2 aliphatic rings. The Hall–Kier alpha value is -0.660. The quantitative estimate of drug-likeness (QED) is 0.266. The van der Waals surface area contributed by atoms with Crippen LogP contribution in [-0.2, 0) is 35.1 Å². The normalized spacial score (nSPS) is 15.5. The van der Waals surface area contributed by atoms with Crippen molar-refractivity contribution < 1.29 is 49.0 Å². The second-order valence-electron chi connectivity index (χ2n) is 13.9. The van der Waals surface area contributed by atoms with E-state index in [9.17, 15) is 0 Å². The topological polar surface area (TPSA) is 0 Å². The molecule has 0 aliphatic heterocycles. The molecule has 39 heavy (non-hydrogen) atoms. The molecule has 0 unspecified atom stereocenters. The van der Waals surface area contributed by atoms with Gasteiger partial charge in [0.2, 0.25) is 0 Å². The molecular formula is C35H48Cl2SiZr-2. The van der Waals surface area contributed by atoms with Gasteiger partial charge < -0.3 is 24.8 Å². The van der Waals surface area contributed by atoms with Gasteiger partial charge in [0.25, 0.3) is 0 Å². The fourth-order valence-corrected chi connectivity index (χ4v) is 6.97. The van der Waals surface area contributed by atoms with Crippen LogP contribution in [0.15, 0.2) is 59.8 Å². The van der Waals surface area contributed by atoms with E-state index >= 15 is 0 Å². The van der Waals surface area contributed by atoms with E-state index in [2.05, 4.69) is 122 Å². The first-order chi connectivity index (χ1) is 17.2. The van der Waals surface area contributed by atoms with Gasteiger partial charge in [-0.3, -0.25) is 6.08 Å². The Balaban J connectivity index is 0.000000350. The summed E-state index contributed by atoms with van der Waals surface area (Å²) < 4.78 is 1.80. The first kappa shape index (κ1) is 36.4. The average Bonchev–Trinajstić information content (AvgIpc) is 3.47. The molecule has 0 atom stereocenters. The van der Waals surface area contributed by atoms with Crippen LogP contribution in [0.4, 0.5) is 0 Å². The minimum absolute atomic E-state index is 0. The van der Waals surface area contributed by atoms with Crippen LogP contribution in [-0.4, -0.2) is 11.3 Å². The second-order valence-corrected chi connectivity index (χ2v) is 20.7. The van der Waals surface area contributed by atoms with Crippen LogP contribution >= 0.6 is 0 Å².